The van der Waals surface area contributed by atoms with Gasteiger partial charge in [-0.2, -0.15) is 0 Å². The van der Waals surface area contributed by atoms with Gasteiger partial charge in [-0.1, -0.05) is 23.7 Å². The van der Waals surface area contributed by atoms with Gasteiger partial charge in [-0.15, -0.1) is 11.3 Å². The second kappa shape index (κ2) is 7.02. The molecule has 0 radical (unpaired) electrons. The van der Waals surface area contributed by atoms with E-state index >= 15 is 0 Å². The molecule has 2 aromatic rings. The molecule has 1 aromatic heterocycles. The molecule has 0 saturated carbocycles. The molecule has 112 valence electrons. The van der Waals surface area contributed by atoms with Crippen molar-refractivity contribution in [1.82, 2.24) is 15.6 Å². The molecule has 21 heavy (non-hydrogen) atoms. The SMILES string of the molecule is CNCC(=O)NC(C)c1sc(-c2ccc(Cl)cc2)nc1C. The lowest BCUT2D eigenvalue weighted by Gasteiger charge is -2.12. The predicted molar refractivity (Wildman–Crippen MR) is 87.8 cm³/mol. The molecular formula is C15H18ClN3OS. The van der Waals surface area contributed by atoms with E-state index in [0.29, 0.717) is 11.6 Å². The number of thiazole rings is 1. The van der Waals surface area contributed by atoms with Crippen molar-refractivity contribution in [2.24, 2.45) is 0 Å². The van der Waals surface area contributed by atoms with Crippen LogP contribution in [0, 0.1) is 6.92 Å². The molecule has 0 aliphatic heterocycles. The molecule has 0 saturated heterocycles. The zero-order chi connectivity index (χ0) is 15.4. The summed E-state index contributed by atoms with van der Waals surface area (Å²) in [5.41, 5.74) is 1.98. The van der Waals surface area contributed by atoms with Crippen molar-refractivity contribution >= 4 is 28.8 Å². The fraction of sp³-hybridized carbons (Fsp3) is 0.333. The molecule has 0 aliphatic carbocycles. The molecule has 1 unspecified atom stereocenters. The Morgan fingerprint density at radius 2 is 2.05 bits per heavy atom. The Morgan fingerprint density at radius 3 is 2.67 bits per heavy atom. The van der Waals surface area contributed by atoms with Crippen LogP contribution in [0.3, 0.4) is 0 Å². The Labute approximate surface area is 133 Å². The predicted octanol–water partition coefficient (Wildman–Crippen LogP) is 3.17. The summed E-state index contributed by atoms with van der Waals surface area (Å²) in [4.78, 5) is 17.3. The van der Waals surface area contributed by atoms with Gasteiger partial charge in [0.2, 0.25) is 5.91 Å². The summed E-state index contributed by atoms with van der Waals surface area (Å²) < 4.78 is 0. The number of nitrogens with zero attached hydrogens (tertiary/aromatic N) is 1. The van der Waals surface area contributed by atoms with Gasteiger partial charge in [-0.3, -0.25) is 4.79 Å². The lowest BCUT2D eigenvalue weighted by molar-refractivity contribution is -0.120. The molecule has 0 aliphatic rings. The van der Waals surface area contributed by atoms with Crippen LogP contribution < -0.4 is 10.6 Å². The van der Waals surface area contributed by atoms with Crippen molar-refractivity contribution in [3.63, 3.8) is 0 Å². The number of likely N-dealkylation sites (N-methyl/N-ethyl adjacent to an activating group) is 1. The normalized spacial score (nSPS) is 12.2. The first kappa shape index (κ1) is 15.9. The Morgan fingerprint density at radius 1 is 1.38 bits per heavy atom. The van der Waals surface area contributed by atoms with Crippen molar-refractivity contribution in [3.05, 3.63) is 39.9 Å². The van der Waals surface area contributed by atoms with Gasteiger partial charge in [0.25, 0.3) is 0 Å². The number of aromatic nitrogens is 1. The summed E-state index contributed by atoms with van der Waals surface area (Å²) >= 11 is 7.50. The van der Waals surface area contributed by atoms with Crippen LogP contribution in [-0.2, 0) is 4.79 Å². The van der Waals surface area contributed by atoms with Crippen LogP contribution in [0.2, 0.25) is 5.02 Å². The summed E-state index contributed by atoms with van der Waals surface area (Å²) in [6.45, 7) is 4.25. The molecule has 1 heterocycles. The second-order valence-electron chi connectivity index (χ2n) is 4.80. The molecule has 2 rings (SSSR count). The van der Waals surface area contributed by atoms with Gasteiger partial charge in [0.15, 0.2) is 0 Å². The third kappa shape index (κ3) is 4.03. The fourth-order valence-electron chi connectivity index (χ4n) is 2.04. The van der Waals surface area contributed by atoms with Gasteiger partial charge < -0.3 is 10.6 Å². The molecule has 2 N–H and O–H groups in total. The number of hydrogen-bond donors (Lipinski definition) is 2. The van der Waals surface area contributed by atoms with Gasteiger partial charge in [-0.25, -0.2) is 4.98 Å². The van der Waals surface area contributed by atoms with Gasteiger partial charge in [0.05, 0.1) is 23.2 Å². The lowest BCUT2D eigenvalue weighted by Crippen LogP contribution is -2.33. The molecule has 0 fully saturated rings. The van der Waals surface area contributed by atoms with Crippen LogP contribution in [0.5, 0.6) is 0 Å². The van der Waals surface area contributed by atoms with Crippen LogP contribution in [-0.4, -0.2) is 24.5 Å². The number of aryl methyl sites for hydroxylation is 1. The van der Waals surface area contributed by atoms with Crippen molar-refractivity contribution in [1.29, 1.82) is 0 Å². The number of hydrogen-bond acceptors (Lipinski definition) is 4. The van der Waals surface area contributed by atoms with Crippen molar-refractivity contribution in [2.45, 2.75) is 19.9 Å². The first-order valence-corrected chi connectivity index (χ1v) is 7.88. The van der Waals surface area contributed by atoms with Crippen LogP contribution in [0.25, 0.3) is 10.6 Å². The van der Waals surface area contributed by atoms with Gasteiger partial charge in [0.1, 0.15) is 5.01 Å². The first-order valence-electron chi connectivity index (χ1n) is 6.68. The lowest BCUT2D eigenvalue weighted by atomic mass is 10.2. The van der Waals surface area contributed by atoms with E-state index in [2.05, 4.69) is 15.6 Å². The zero-order valence-electron chi connectivity index (χ0n) is 12.2. The van der Waals surface area contributed by atoms with E-state index in [0.717, 1.165) is 21.1 Å². The molecule has 1 amide bonds. The van der Waals surface area contributed by atoms with Crippen molar-refractivity contribution < 1.29 is 4.79 Å². The molecular weight excluding hydrogens is 306 g/mol. The standard InChI is InChI=1S/C15H18ClN3OS/c1-9(18-13(20)8-17-3)14-10(2)19-15(21-14)11-4-6-12(16)7-5-11/h4-7,9,17H,8H2,1-3H3,(H,18,20). The van der Waals surface area contributed by atoms with E-state index in [9.17, 15) is 4.79 Å². The maximum atomic E-state index is 11.6. The van der Waals surface area contributed by atoms with E-state index in [1.54, 1.807) is 18.4 Å². The maximum absolute atomic E-state index is 11.6. The average molecular weight is 324 g/mol. The van der Waals surface area contributed by atoms with E-state index < -0.39 is 0 Å². The minimum atomic E-state index is -0.0515. The Kier molecular flexibility index (Phi) is 5.33. The Bertz CT molecular complexity index is 624. The highest BCUT2D eigenvalue weighted by Crippen LogP contribution is 2.32. The number of halogens is 1. The van der Waals surface area contributed by atoms with Gasteiger partial charge in [-0.05, 0) is 33.0 Å². The number of carbonyl (C=O) groups excluding carboxylic acids is 1. The van der Waals surface area contributed by atoms with Crippen molar-refractivity contribution in [3.8, 4) is 10.6 Å². The quantitative estimate of drug-likeness (QED) is 0.888. The molecule has 6 heteroatoms. The summed E-state index contributed by atoms with van der Waals surface area (Å²) in [6.07, 6.45) is 0. The Hall–Kier alpha value is -1.43. The topological polar surface area (TPSA) is 54.0 Å². The second-order valence-corrected chi connectivity index (χ2v) is 6.26. The summed E-state index contributed by atoms with van der Waals surface area (Å²) in [5.74, 6) is -0.0224. The third-order valence-electron chi connectivity index (χ3n) is 3.03. The maximum Gasteiger partial charge on any atom is 0.234 e. The molecule has 4 nitrogen and oxygen atoms in total. The highest BCUT2D eigenvalue weighted by molar-refractivity contribution is 7.15. The summed E-state index contributed by atoms with van der Waals surface area (Å²) in [5, 5.41) is 7.45. The highest BCUT2D eigenvalue weighted by atomic mass is 35.5. The zero-order valence-corrected chi connectivity index (χ0v) is 13.8. The largest absolute Gasteiger partial charge is 0.348 e. The number of nitrogens with one attached hydrogen (secondary N) is 2. The van der Waals surface area contributed by atoms with Crippen molar-refractivity contribution in [2.75, 3.05) is 13.6 Å². The number of rotatable bonds is 5. The molecule has 0 spiro atoms. The monoisotopic (exact) mass is 323 g/mol. The van der Waals surface area contributed by atoms with E-state index in [-0.39, 0.29) is 11.9 Å². The van der Waals surface area contributed by atoms with Crippen LogP contribution >= 0.6 is 22.9 Å². The average Bonchev–Trinajstić information content (AvgIpc) is 2.82. The van der Waals surface area contributed by atoms with E-state index in [1.807, 2.05) is 38.1 Å². The number of amides is 1. The van der Waals surface area contributed by atoms with Crippen LogP contribution in [0.1, 0.15) is 23.5 Å². The number of carbonyl (C=O) groups is 1. The fourth-order valence-corrected chi connectivity index (χ4v) is 3.24. The smallest absolute Gasteiger partial charge is 0.234 e. The minimum Gasteiger partial charge on any atom is -0.348 e. The van der Waals surface area contributed by atoms with Crippen LogP contribution in [0.4, 0.5) is 0 Å². The Balaban J connectivity index is 2.18. The highest BCUT2D eigenvalue weighted by Gasteiger charge is 2.16. The summed E-state index contributed by atoms with van der Waals surface area (Å²) in [6, 6.07) is 7.56. The van der Waals surface area contributed by atoms with Crippen LogP contribution in [0.15, 0.2) is 24.3 Å². The van der Waals surface area contributed by atoms with Gasteiger partial charge in [0, 0.05) is 10.6 Å². The number of benzene rings is 1. The first-order chi connectivity index (χ1) is 10.0. The van der Waals surface area contributed by atoms with E-state index in [1.165, 1.54) is 0 Å². The minimum absolute atomic E-state index is 0.0224. The molecule has 0 bridgehead atoms. The molecule has 1 aromatic carbocycles. The third-order valence-corrected chi connectivity index (χ3v) is 4.67. The van der Waals surface area contributed by atoms with Gasteiger partial charge >= 0.3 is 0 Å². The van der Waals surface area contributed by atoms with E-state index in [4.69, 9.17) is 11.6 Å². The summed E-state index contributed by atoms with van der Waals surface area (Å²) in [7, 11) is 1.75. The molecule has 1 atom stereocenters.